The lowest BCUT2D eigenvalue weighted by Crippen LogP contribution is -2.14. The van der Waals surface area contributed by atoms with E-state index >= 15 is 0 Å². The van der Waals surface area contributed by atoms with Crippen LogP contribution in [0.1, 0.15) is 64.2 Å². The molecule has 1 nitrogen and oxygen atoms in total. The van der Waals surface area contributed by atoms with Gasteiger partial charge in [0.25, 0.3) is 0 Å². The van der Waals surface area contributed by atoms with Crippen LogP contribution in [0.2, 0.25) is 0 Å². The van der Waals surface area contributed by atoms with Crippen molar-refractivity contribution in [3.05, 3.63) is 24.4 Å². The summed E-state index contributed by atoms with van der Waals surface area (Å²) in [4.78, 5) is 0. The molecule has 2 heteroatoms. The Morgan fingerprint density at radius 2 is 1.89 bits per heavy atom. The molecule has 106 valence electrons. The summed E-state index contributed by atoms with van der Waals surface area (Å²) in [5, 5.41) is 0. The second-order valence-corrected chi connectivity index (χ2v) is 7.93. The molecule has 1 heterocycles. The number of hydrogen-bond acceptors (Lipinski definition) is 2. The summed E-state index contributed by atoms with van der Waals surface area (Å²) in [6.45, 7) is 4.25. The molecule has 2 unspecified atom stereocenters. The van der Waals surface area contributed by atoms with E-state index in [-0.39, 0.29) is 0 Å². The highest BCUT2D eigenvalue weighted by Gasteiger charge is 2.44. The Bertz CT molecular complexity index is 356. The Morgan fingerprint density at radius 3 is 2.74 bits per heavy atom. The van der Waals surface area contributed by atoms with E-state index in [0.29, 0.717) is 10.7 Å². The van der Waals surface area contributed by atoms with Crippen LogP contribution in [-0.2, 0) is 0 Å². The van der Waals surface area contributed by atoms with Crippen LogP contribution in [0.3, 0.4) is 0 Å². The molecule has 2 aliphatic carbocycles. The summed E-state index contributed by atoms with van der Waals surface area (Å²) in [5.41, 5.74) is 1.28. The monoisotopic (exact) mass is 277 g/mol. The fourth-order valence-electron chi connectivity index (χ4n) is 3.13. The Hall–Kier alpha value is -0.370. The van der Waals surface area contributed by atoms with Crippen molar-refractivity contribution >= 4 is 11.9 Å². The van der Waals surface area contributed by atoms with Gasteiger partial charge in [0.05, 0.1) is 0 Å². The number of fused-ring (bicyclic) bond motifs is 1. The van der Waals surface area contributed by atoms with E-state index < -0.39 is 0 Å². The first kappa shape index (κ1) is 13.6. The van der Waals surface area contributed by atoms with Crippen molar-refractivity contribution in [2.24, 2.45) is 11.8 Å². The van der Waals surface area contributed by atoms with E-state index in [1.54, 1.807) is 0 Å². The van der Waals surface area contributed by atoms with Crippen molar-refractivity contribution in [1.29, 1.82) is 0 Å². The van der Waals surface area contributed by atoms with Crippen LogP contribution in [0.15, 0.2) is 24.4 Å². The first-order chi connectivity index (χ1) is 9.29. The van der Waals surface area contributed by atoms with Gasteiger partial charge in [-0.3, -0.25) is 0 Å². The average Bonchev–Trinajstić information content (AvgIpc) is 3.30. The van der Waals surface area contributed by atoms with Crippen molar-refractivity contribution in [3.63, 3.8) is 0 Å². The first-order valence-electron chi connectivity index (χ1n) is 8.09. The lowest BCUT2D eigenvalue weighted by atomic mass is 10.1. The lowest BCUT2D eigenvalue weighted by Gasteiger charge is -2.17. The van der Waals surface area contributed by atoms with Gasteiger partial charge in [-0.1, -0.05) is 44.4 Å². The van der Waals surface area contributed by atoms with Crippen molar-refractivity contribution in [2.45, 2.75) is 69.0 Å². The maximum Gasteiger partial charge on any atom is 0.0358 e. The highest BCUT2D eigenvalue weighted by molar-refractivity contribution is 7.99. The van der Waals surface area contributed by atoms with E-state index in [0.717, 1.165) is 5.92 Å². The van der Waals surface area contributed by atoms with Gasteiger partial charge in [-0.15, -0.1) is 0 Å². The van der Waals surface area contributed by atoms with Crippen LogP contribution in [-0.4, -0.2) is 4.75 Å². The molecule has 0 radical (unpaired) electrons. The first-order valence-corrected chi connectivity index (χ1v) is 8.90. The molecule has 0 bridgehead atoms. The fourth-order valence-corrected chi connectivity index (χ4v) is 4.18. The van der Waals surface area contributed by atoms with E-state index in [1.807, 2.05) is 11.9 Å². The average molecular weight is 277 g/mol. The summed E-state index contributed by atoms with van der Waals surface area (Å²) in [6, 6.07) is 0. The van der Waals surface area contributed by atoms with Gasteiger partial charge in [-0.25, -0.2) is 0 Å². The van der Waals surface area contributed by atoms with E-state index in [4.69, 9.17) is 0 Å². The van der Waals surface area contributed by atoms with E-state index in [2.05, 4.69) is 23.5 Å². The summed E-state index contributed by atoms with van der Waals surface area (Å²) in [5.74, 6) is 1.49. The quantitative estimate of drug-likeness (QED) is 0.482. The predicted molar refractivity (Wildman–Crippen MR) is 84.9 cm³/mol. The topological polar surface area (TPSA) is 12.0 Å². The molecule has 3 rings (SSSR count). The standard InChI is InChI=1S/C17H27NS/c1-14-16-13-15(16)9-7-5-3-2-4-6-8-10-17(11-12-17)19-18-14/h7,9,15-16,18H,1-6,8,10-13H2/b9-7+. The SMILES string of the molecule is C=C1NSC2(CCCCCCC/C=C/C3CC13)CC2. The van der Waals surface area contributed by atoms with Crippen LogP contribution in [0.5, 0.6) is 0 Å². The van der Waals surface area contributed by atoms with Crippen molar-refractivity contribution in [1.82, 2.24) is 4.72 Å². The summed E-state index contributed by atoms with van der Waals surface area (Å²) in [6.07, 6.45) is 18.8. The molecule has 0 aromatic carbocycles. The zero-order valence-electron chi connectivity index (χ0n) is 12.0. The molecule has 0 saturated heterocycles. The van der Waals surface area contributed by atoms with Gasteiger partial charge in [0.15, 0.2) is 0 Å². The van der Waals surface area contributed by atoms with E-state index in [9.17, 15) is 0 Å². The van der Waals surface area contributed by atoms with Gasteiger partial charge in [0.1, 0.15) is 0 Å². The summed E-state index contributed by atoms with van der Waals surface area (Å²) >= 11 is 1.99. The van der Waals surface area contributed by atoms with Crippen molar-refractivity contribution < 1.29 is 0 Å². The van der Waals surface area contributed by atoms with Crippen molar-refractivity contribution in [2.75, 3.05) is 0 Å². The van der Waals surface area contributed by atoms with Gasteiger partial charge in [0.2, 0.25) is 0 Å². The normalized spacial score (nSPS) is 36.5. The van der Waals surface area contributed by atoms with Gasteiger partial charge in [0, 0.05) is 16.4 Å². The number of hydrogen-bond donors (Lipinski definition) is 1. The Labute approximate surface area is 122 Å². The largest absolute Gasteiger partial charge is 0.333 e. The van der Waals surface area contributed by atoms with Gasteiger partial charge >= 0.3 is 0 Å². The second-order valence-electron chi connectivity index (χ2n) is 6.65. The molecule has 1 aliphatic heterocycles. The summed E-state index contributed by atoms with van der Waals surface area (Å²) in [7, 11) is 0. The van der Waals surface area contributed by atoms with E-state index in [1.165, 1.54) is 69.9 Å². The van der Waals surface area contributed by atoms with Crippen LogP contribution in [0, 0.1) is 11.8 Å². The zero-order valence-corrected chi connectivity index (χ0v) is 12.8. The third-order valence-electron chi connectivity index (χ3n) is 4.88. The molecule has 3 aliphatic rings. The van der Waals surface area contributed by atoms with Crippen LogP contribution in [0.25, 0.3) is 0 Å². The Balaban J connectivity index is 1.53. The molecule has 2 fully saturated rings. The highest BCUT2D eigenvalue weighted by atomic mass is 32.2. The number of rotatable bonds is 0. The Kier molecular flexibility index (Phi) is 4.26. The fraction of sp³-hybridized carbons (Fsp3) is 0.765. The van der Waals surface area contributed by atoms with Gasteiger partial charge in [-0.2, -0.15) is 0 Å². The van der Waals surface area contributed by atoms with Crippen molar-refractivity contribution in [3.8, 4) is 0 Å². The molecule has 0 amide bonds. The number of nitrogens with one attached hydrogen (secondary N) is 1. The molecular formula is C17H27NS. The smallest absolute Gasteiger partial charge is 0.0358 e. The minimum atomic E-state index is 0.573. The molecule has 19 heavy (non-hydrogen) atoms. The van der Waals surface area contributed by atoms with Gasteiger partial charge < -0.3 is 4.72 Å². The number of allylic oxidation sites excluding steroid dienone is 3. The molecule has 1 spiro atoms. The minimum Gasteiger partial charge on any atom is -0.333 e. The summed E-state index contributed by atoms with van der Waals surface area (Å²) < 4.78 is 4.16. The maximum atomic E-state index is 4.25. The van der Waals surface area contributed by atoms with Crippen LogP contribution in [0.4, 0.5) is 0 Å². The zero-order chi connectivity index (χ0) is 13.1. The molecule has 1 N–H and O–H groups in total. The van der Waals surface area contributed by atoms with Crippen LogP contribution >= 0.6 is 11.9 Å². The third-order valence-corrected chi connectivity index (χ3v) is 6.29. The predicted octanol–water partition coefficient (Wildman–Crippen LogP) is 5.21. The lowest BCUT2D eigenvalue weighted by molar-refractivity contribution is 0.585. The maximum absolute atomic E-state index is 4.25. The molecule has 0 aromatic rings. The molecule has 2 saturated carbocycles. The Morgan fingerprint density at radius 1 is 1.11 bits per heavy atom. The third kappa shape index (κ3) is 3.81. The minimum absolute atomic E-state index is 0.573. The van der Waals surface area contributed by atoms with Gasteiger partial charge in [-0.05, 0) is 56.4 Å². The van der Waals surface area contributed by atoms with Crippen LogP contribution < -0.4 is 4.72 Å². The molecule has 2 atom stereocenters. The second kappa shape index (κ2) is 5.95. The molecule has 0 aromatic heterocycles. The highest BCUT2D eigenvalue weighted by Crippen LogP contribution is 2.52. The molecular weight excluding hydrogens is 250 g/mol.